The van der Waals surface area contributed by atoms with Crippen molar-refractivity contribution in [3.63, 3.8) is 0 Å². The fraction of sp³-hybridized carbons (Fsp3) is 0.0500. The highest BCUT2D eigenvalue weighted by Crippen LogP contribution is 2.15. The molecule has 3 rings (SSSR count). The molecule has 1 aromatic heterocycles. The van der Waals surface area contributed by atoms with Gasteiger partial charge in [-0.05, 0) is 29.8 Å². The minimum Gasteiger partial charge on any atom is -0.366 e. The predicted octanol–water partition coefficient (Wildman–Crippen LogP) is 2.16. The Labute approximate surface area is 164 Å². The number of para-hydroxylation sites is 1. The van der Waals surface area contributed by atoms with Crippen LogP contribution in [0.15, 0.2) is 71.7 Å². The Kier molecular flexibility index (Phi) is 5.49. The zero-order valence-corrected chi connectivity index (χ0v) is 15.1. The maximum Gasteiger partial charge on any atom is 0.269 e. The highest BCUT2D eigenvalue weighted by Gasteiger charge is 2.16. The second-order valence-corrected chi connectivity index (χ2v) is 6.14. The summed E-state index contributed by atoms with van der Waals surface area (Å²) in [5, 5.41) is 13.3. The number of nitro groups is 1. The minimum atomic E-state index is -0.704. The van der Waals surface area contributed by atoms with Gasteiger partial charge in [0.25, 0.3) is 23.1 Å². The number of rotatable bonds is 6. The molecule has 2 aromatic carbocycles. The van der Waals surface area contributed by atoms with Crippen LogP contribution < -0.4 is 16.6 Å². The largest absolute Gasteiger partial charge is 0.366 e. The maximum atomic E-state index is 12.7. The highest BCUT2D eigenvalue weighted by atomic mass is 16.6. The van der Waals surface area contributed by atoms with Crippen molar-refractivity contribution >= 4 is 23.2 Å². The van der Waals surface area contributed by atoms with Crippen LogP contribution in [-0.4, -0.2) is 21.3 Å². The summed E-state index contributed by atoms with van der Waals surface area (Å²) in [5.74, 6) is -1.38. The van der Waals surface area contributed by atoms with Crippen molar-refractivity contribution in [1.82, 2.24) is 4.57 Å². The lowest BCUT2D eigenvalue weighted by Crippen LogP contribution is -2.29. The number of hydrogen-bond acceptors (Lipinski definition) is 5. The van der Waals surface area contributed by atoms with Crippen LogP contribution >= 0.6 is 0 Å². The Morgan fingerprint density at radius 2 is 1.66 bits per heavy atom. The summed E-state index contributed by atoms with van der Waals surface area (Å²) in [6.45, 7) is 0.135. The first-order valence-electron chi connectivity index (χ1n) is 8.50. The normalized spacial score (nSPS) is 10.3. The molecule has 0 bridgehead atoms. The molecule has 3 N–H and O–H groups in total. The number of pyridine rings is 1. The SMILES string of the molecule is NC(=O)c1ccccc1NC(=O)c1cccn(Cc2ccc([N+](=O)[O-])cc2)c1=O. The van der Waals surface area contributed by atoms with Gasteiger partial charge in [0.15, 0.2) is 0 Å². The standard InChI is InChI=1S/C20H16N4O5/c21-18(25)15-4-1-2-6-17(15)22-19(26)16-5-3-11-23(20(16)27)12-13-7-9-14(10-8-13)24(28)29/h1-11H,12H2,(H2,21,25)(H,22,26). The van der Waals surface area contributed by atoms with Gasteiger partial charge in [-0.3, -0.25) is 24.5 Å². The predicted molar refractivity (Wildman–Crippen MR) is 106 cm³/mol. The molecule has 0 atom stereocenters. The molecule has 0 aliphatic rings. The van der Waals surface area contributed by atoms with Gasteiger partial charge in [-0.15, -0.1) is 0 Å². The van der Waals surface area contributed by atoms with E-state index >= 15 is 0 Å². The van der Waals surface area contributed by atoms with E-state index in [0.717, 1.165) is 0 Å². The molecule has 9 heteroatoms. The summed E-state index contributed by atoms with van der Waals surface area (Å²) >= 11 is 0. The van der Waals surface area contributed by atoms with Crippen molar-refractivity contribution in [3.8, 4) is 0 Å². The van der Waals surface area contributed by atoms with Gasteiger partial charge in [0, 0.05) is 18.3 Å². The van der Waals surface area contributed by atoms with E-state index in [1.54, 1.807) is 30.3 Å². The molecule has 0 unspecified atom stereocenters. The first kappa shape index (κ1) is 19.5. The lowest BCUT2D eigenvalue weighted by Gasteiger charge is -2.10. The Bertz CT molecular complexity index is 1150. The molecule has 2 amide bonds. The smallest absolute Gasteiger partial charge is 0.269 e. The molecule has 9 nitrogen and oxygen atoms in total. The van der Waals surface area contributed by atoms with E-state index in [-0.39, 0.29) is 29.0 Å². The second-order valence-electron chi connectivity index (χ2n) is 6.14. The summed E-state index contributed by atoms with van der Waals surface area (Å²) in [6.07, 6.45) is 1.51. The molecule has 3 aromatic rings. The van der Waals surface area contributed by atoms with Gasteiger partial charge in [-0.1, -0.05) is 24.3 Å². The molecular formula is C20H16N4O5. The van der Waals surface area contributed by atoms with Crippen LogP contribution in [0, 0.1) is 10.1 Å². The number of non-ortho nitro benzene ring substituents is 1. The van der Waals surface area contributed by atoms with E-state index < -0.39 is 22.3 Å². The number of primary amides is 1. The number of anilines is 1. The summed E-state index contributed by atoms with van der Waals surface area (Å²) in [7, 11) is 0. The van der Waals surface area contributed by atoms with Gasteiger partial charge < -0.3 is 15.6 Å². The van der Waals surface area contributed by atoms with Gasteiger partial charge in [-0.25, -0.2) is 0 Å². The Hall–Kier alpha value is -4.27. The maximum absolute atomic E-state index is 12.7. The van der Waals surface area contributed by atoms with Gasteiger partial charge in [0.2, 0.25) is 0 Å². The topological polar surface area (TPSA) is 137 Å². The molecule has 0 aliphatic heterocycles. The Balaban J connectivity index is 1.85. The average molecular weight is 392 g/mol. The average Bonchev–Trinajstić information content (AvgIpc) is 2.70. The first-order chi connectivity index (χ1) is 13.9. The van der Waals surface area contributed by atoms with E-state index in [1.807, 2.05) is 0 Å². The monoisotopic (exact) mass is 392 g/mol. The van der Waals surface area contributed by atoms with Crippen LogP contribution in [0.1, 0.15) is 26.3 Å². The van der Waals surface area contributed by atoms with Crippen molar-refractivity contribution < 1.29 is 14.5 Å². The van der Waals surface area contributed by atoms with Crippen LogP contribution in [0.3, 0.4) is 0 Å². The molecule has 0 saturated heterocycles. The van der Waals surface area contributed by atoms with E-state index in [2.05, 4.69) is 5.32 Å². The van der Waals surface area contributed by atoms with Crippen LogP contribution in [0.25, 0.3) is 0 Å². The zero-order chi connectivity index (χ0) is 21.0. The van der Waals surface area contributed by atoms with Gasteiger partial charge in [-0.2, -0.15) is 0 Å². The number of nitrogens with two attached hydrogens (primary N) is 1. The molecule has 0 aliphatic carbocycles. The quantitative estimate of drug-likeness (QED) is 0.489. The third-order valence-electron chi connectivity index (χ3n) is 4.21. The summed E-state index contributed by atoms with van der Waals surface area (Å²) < 4.78 is 1.32. The summed E-state index contributed by atoms with van der Waals surface area (Å²) in [4.78, 5) is 47.0. The molecule has 0 spiro atoms. The Morgan fingerprint density at radius 3 is 2.31 bits per heavy atom. The van der Waals surface area contributed by atoms with Crippen molar-refractivity contribution in [2.45, 2.75) is 6.54 Å². The third kappa shape index (κ3) is 4.35. The van der Waals surface area contributed by atoms with E-state index in [9.17, 15) is 24.5 Å². The number of benzene rings is 2. The third-order valence-corrected chi connectivity index (χ3v) is 4.21. The zero-order valence-electron chi connectivity index (χ0n) is 15.1. The second kappa shape index (κ2) is 8.17. The number of carbonyl (C=O) groups excluding carboxylic acids is 2. The number of nitro benzene ring substituents is 1. The van der Waals surface area contributed by atoms with Gasteiger partial charge >= 0.3 is 0 Å². The number of hydrogen-bond donors (Lipinski definition) is 2. The fourth-order valence-corrected chi connectivity index (χ4v) is 2.75. The molecule has 0 fully saturated rings. The highest BCUT2D eigenvalue weighted by molar-refractivity contribution is 6.08. The fourth-order valence-electron chi connectivity index (χ4n) is 2.75. The summed E-state index contributed by atoms with van der Waals surface area (Å²) in [6, 6.07) is 14.9. The van der Waals surface area contributed by atoms with Crippen molar-refractivity contribution in [1.29, 1.82) is 0 Å². The van der Waals surface area contributed by atoms with E-state index in [4.69, 9.17) is 5.73 Å². The molecule has 29 heavy (non-hydrogen) atoms. The molecule has 146 valence electrons. The summed E-state index contributed by atoms with van der Waals surface area (Å²) in [5.41, 5.74) is 5.58. The van der Waals surface area contributed by atoms with Crippen molar-refractivity contribution in [2.75, 3.05) is 5.32 Å². The van der Waals surface area contributed by atoms with Crippen molar-refractivity contribution in [2.24, 2.45) is 5.73 Å². The van der Waals surface area contributed by atoms with Crippen molar-refractivity contribution in [3.05, 3.63) is 104 Å². The lowest BCUT2D eigenvalue weighted by molar-refractivity contribution is -0.384. The lowest BCUT2D eigenvalue weighted by atomic mass is 10.1. The van der Waals surface area contributed by atoms with Crippen LogP contribution in [0.2, 0.25) is 0 Å². The molecule has 0 radical (unpaired) electrons. The van der Waals surface area contributed by atoms with E-state index in [0.29, 0.717) is 5.56 Å². The Morgan fingerprint density at radius 1 is 1.00 bits per heavy atom. The van der Waals surface area contributed by atoms with Gasteiger partial charge in [0.1, 0.15) is 5.56 Å². The molecule has 0 saturated carbocycles. The minimum absolute atomic E-state index is 0.0534. The van der Waals surface area contributed by atoms with Crippen LogP contribution in [-0.2, 0) is 6.54 Å². The van der Waals surface area contributed by atoms with E-state index in [1.165, 1.54) is 41.1 Å². The van der Waals surface area contributed by atoms with Crippen LogP contribution in [0.4, 0.5) is 11.4 Å². The number of aromatic nitrogens is 1. The number of nitrogens with zero attached hydrogens (tertiary/aromatic N) is 2. The number of nitrogens with one attached hydrogen (secondary N) is 1. The van der Waals surface area contributed by atoms with Crippen LogP contribution in [0.5, 0.6) is 0 Å². The number of carbonyl (C=O) groups is 2. The first-order valence-corrected chi connectivity index (χ1v) is 8.50. The molecule has 1 heterocycles. The van der Waals surface area contributed by atoms with Gasteiger partial charge in [0.05, 0.1) is 22.7 Å². The molecular weight excluding hydrogens is 376 g/mol. The number of amides is 2.